The summed E-state index contributed by atoms with van der Waals surface area (Å²) in [6.07, 6.45) is 1.53. The van der Waals surface area contributed by atoms with Crippen LogP contribution >= 0.6 is 0 Å². The second kappa shape index (κ2) is 10.8. The lowest BCUT2D eigenvalue weighted by atomic mass is 9.92. The number of amides is 3. The number of urea groups is 1. The van der Waals surface area contributed by atoms with E-state index in [0.717, 1.165) is 16.9 Å². The standard InChI is InChI=1S/C29H32N6O3/c1-19-7-11-21(12-8-19)35-26(18-25(33-35)29(2,3)4)32-28(37)31-20-9-13-22(14-10-20)38-23-15-16-30-24(17-23)27(36)34(5)6/h7-18H,1-6H3,(H2,31,32,37). The fourth-order valence-electron chi connectivity index (χ4n) is 3.56. The number of nitrogens with one attached hydrogen (secondary N) is 2. The molecule has 196 valence electrons. The first-order valence-electron chi connectivity index (χ1n) is 12.2. The van der Waals surface area contributed by atoms with Crippen LogP contribution in [0.1, 0.15) is 42.5 Å². The number of ether oxygens (including phenoxy) is 1. The SMILES string of the molecule is Cc1ccc(-n2nc(C(C)(C)C)cc2NC(=O)Nc2ccc(Oc3ccnc(C(=O)N(C)C)c3)cc2)cc1. The van der Waals surface area contributed by atoms with Crippen LogP contribution in [-0.2, 0) is 5.41 Å². The van der Waals surface area contributed by atoms with E-state index in [4.69, 9.17) is 9.84 Å². The van der Waals surface area contributed by atoms with Crippen LogP contribution in [0, 0.1) is 6.92 Å². The van der Waals surface area contributed by atoms with Gasteiger partial charge in [0.1, 0.15) is 23.0 Å². The minimum Gasteiger partial charge on any atom is -0.457 e. The Labute approximate surface area is 222 Å². The number of aromatic nitrogens is 3. The van der Waals surface area contributed by atoms with Crippen LogP contribution in [0.25, 0.3) is 5.69 Å². The number of pyridine rings is 1. The highest BCUT2D eigenvalue weighted by molar-refractivity contribution is 5.99. The molecule has 4 rings (SSSR count). The van der Waals surface area contributed by atoms with Crippen LogP contribution in [0.3, 0.4) is 0 Å². The maximum atomic E-state index is 12.9. The van der Waals surface area contributed by atoms with Crippen LogP contribution in [0.4, 0.5) is 16.3 Å². The molecule has 0 aliphatic heterocycles. The zero-order valence-electron chi connectivity index (χ0n) is 22.4. The van der Waals surface area contributed by atoms with Crippen LogP contribution in [0.15, 0.2) is 72.9 Å². The van der Waals surface area contributed by atoms with Gasteiger partial charge in [-0.25, -0.2) is 9.48 Å². The molecule has 9 heteroatoms. The number of hydrogen-bond acceptors (Lipinski definition) is 5. The second-order valence-corrected chi connectivity index (χ2v) is 10.2. The molecule has 2 heterocycles. The molecule has 3 amide bonds. The average Bonchev–Trinajstić information content (AvgIpc) is 3.29. The van der Waals surface area contributed by atoms with E-state index in [1.54, 1.807) is 55.2 Å². The van der Waals surface area contributed by atoms with Gasteiger partial charge in [0.25, 0.3) is 5.91 Å². The third kappa shape index (κ3) is 6.36. The Morgan fingerprint density at radius 2 is 1.58 bits per heavy atom. The van der Waals surface area contributed by atoms with Crippen LogP contribution in [0.2, 0.25) is 0 Å². The molecule has 0 atom stereocenters. The first-order chi connectivity index (χ1) is 18.0. The van der Waals surface area contributed by atoms with Gasteiger partial charge in [-0.05, 0) is 49.4 Å². The Morgan fingerprint density at radius 3 is 2.21 bits per heavy atom. The summed E-state index contributed by atoms with van der Waals surface area (Å²) in [6, 6.07) is 19.7. The van der Waals surface area contributed by atoms with Gasteiger partial charge in [0.05, 0.1) is 11.4 Å². The zero-order chi connectivity index (χ0) is 27.4. The molecule has 2 aromatic heterocycles. The number of carbonyl (C=O) groups is 2. The predicted molar refractivity (Wildman–Crippen MR) is 148 cm³/mol. The van der Waals surface area contributed by atoms with E-state index in [-0.39, 0.29) is 11.3 Å². The Bertz CT molecular complexity index is 1430. The first-order valence-corrected chi connectivity index (χ1v) is 12.2. The van der Waals surface area contributed by atoms with Gasteiger partial charge in [-0.3, -0.25) is 15.1 Å². The van der Waals surface area contributed by atoms with Gasteiger partial charge >= 0.3 is 6.03 Å². The molecule has 0 fully saturated rings. The van der Waals surface area contributed by atoms with Crippen molar-refractivity contribution in [3.63, 3.8) is 0 Å². The van der Waals surface area contributed by atoms with Gasteiger partial charge in [0, 0.05) is 43.5 Å². The summed E-state index contributed by atoms with van der Waals surface area (Å²) in [5.41, 5.74) is 3.56. The van der Waals surface area contributed by atoms with Gasteiger partial charge in [-0.15, -0.1) is 0 Å². The highest BCUT2D eigenvalue weighted by Crippen LogP contribution is 2.27. The highest BCUT2D eigenvalue weighted by atomic mass is 16.5. The van der Waals surface area contributed by atoms with Crippen molar-refractivity contribution >= 4 is 23.4 Å². The highest BCUT2D eigenvalue weighted by Gasteiger charge is 2.21. The van der Waals surface area contributed by atoms with Crippen molar-refractivity contribution in [2.24, 2.45) is 0 Å². The molecule has 0 saturated carbocycles. The van der Waals surface area contributed by atoms with Gasteiger partial charge in [-0.2, -0.15) is 5.10 Å². The van der Waals surface area contributed by atoms with Crippen LogP contribution < -0.4 is 15.4 Å². The summed E-state index contributed by atoms with van der Waals surface area (Å²) in [7, 11) is 3.33. The van der Waals surface area contributed by atoms with E-state index in [2.05, 4.69) is 36.4 Å². The fourth-order valence-corrected chi connectivity index (χ4v) is 3.56. The summed E-state index contributed by atoms with van der Waals surface area (Å²) in [5, 5.41) is 10.5. The average molecular weight is 513 g/mol. The number of hydrogen-bond donors (Lipinski definition) is 2. The second-order valence-electron chi connectivity index (χ2n) is 10.2. The zero-order valence-corrected chi connectivity index (χ0v) is 22.4. The molecule has 0 bridgehead atoms. The number of anilines is 2. The molecular weight excluding hydrogens is 480 g/mol. The predicted octanol–water partition coefficient (Wildman–Crippen LogP) is 6.01. The number of aryl methyl sites for hydroxylation is 1. The number of benzene rings is 2. The van der Waals surface area contributed by atoms with E-state index in [0.29, 0.717) is 28.7 Å². The van der Waals surface area contributed by atoms with Crippen molar-refractivity contribution in [1.82, 2.24) is 19.7 Å². The summed E-state index contributed by atoms with van der Waals surface area (Å²) in [6.45, 7) is 8.26. The molecule has 9 nitrogen and oxygen atoms in total. The normalized spacial score (nSPS) is 11.1. The molecule has 0 unspecified atom stereocenters. The molecular formula is C29H32N6O3. The van der Waals surface area contributed by atoms with E-state index in [9.17, 15) is 9.59 Å². The van der Waals surface area contributed by atoms with Crippen molar-refractivity contribution in [3.8, 4) is 17.2 Å². The molecule has 0 radical (unpaired) electrons. The maximum absolute atomic E-state index is 12.9. The van der Waals surface area contributed by atoms with E-state index >= 15 is 0 Å². The van der Waals surface area contributed by atoms with Crippen LogP contribution in [-0.4, -0.2) is 45.7 Å². The lowest BCUT2D eigenvalue weighted by Gasteiger charge is -2.14. The maximum Gasteiger partial charge on any atom is 0.324 e. The Morgan fingerprint density at radius 1 is 0.895 bits per heavy atom. The number of carbonyl (C=O) groups excluding carboxylic acids is 2. The molecule has 0 aliphatic carbocycles. The molecule has 0 spiro atoms. The number of rotatable bonds is 6. The first kappa shape index (κ1) is 26.4. The Hall–Kier alpha value is -4.66. The molecule has 0 saturated heterocycles. The van der Waals surface area contributed by atoms with Gasteiger partial charge in [0.2, 0.25) is 0 Å². The molecule has 2 N–H and O–H groups in total. The van der Waals surface area contributed by atoms with E-state index < -0.39 is 6.03 Å². The molecule has 2 aromatic carbocycles. The molecule has 0 aliphatic rings. The van der Waals surface area contributed by atoms with E-state index in [1.807, 2.05) is 37.3 Å². The minimum atomic E-state index is -0.395. The largest absolute Gasteiger partial charge is 0.457 e. The van der Waals surface area contributed by atoms with Crippen LogP contribution in [0.5, 0.6) is 11.5 Å². The molecule has 38 heavy (non-hydrogen) atoms. The fraction of sp³-hybridized carbons (Fsp3) is 0.241. The van der Waals surface area contributed by atoms with E-state index in [1.165, 1.54) is 11.1 Å². The number of nitrogens with zero attached hydrogens (tertiary/aromatic N) is 4. The summed E-state index contributed by atoms with van der Waals surface area (Å²) in [5.74, 6) is 1.40. The summed E-state index contributed by atoms with van der Waals surface area (Å²) < 4.78 is 7.60. The lowest BCUT2D eigenvalue weighted by molar-refractivity contribution is 0.0821. The quantitative estimate of drug-likeness (QED) is 0.329. The monoisotopic (exact) mass is 512 g/mol. The lowest BCUT2D eigenvalue weighted by Crippen LogP contribution is -2.22. The van der Waals surface area contributed by atoms with Gasteiger partial charge in [0.15, 0.2) is 0 Å². The van der Waals surface area contributed by atoms with Crippen molar-refractivity contribution in [2.45, 2.75) is 33.1 Å². The Balaban J connectivity index is 1.45. The van der Waals surface area contributed by atoms with Crippen molar-refractivity contribution < 1.29 is 14.3 Å². The van der Waals surface area contributed by atoms with Crippen molar-refractivity contribution in [1.29, 1.82) is 0 Å². The topological polar surface area (TPSA) is 101 Å². The molecule has 4 aromatic rings. The smallest absolute Gasteiger partial charge is 0.324 e. The van der Waals surface area contributed by atoms with Crippen molar-refractivity contribution in [2.75, 3.05) is 24.7 Å². The van der Waals surface area contributed by atoms with Crippen molar-refractivity contribution in [3.05, 3.63) is 89.9 Å². The summed E-state index contributed by atoms with van der Waals surface area (Å²) in [4.78, 5) is 30.6. The Kier molecular flexibility index (Phi) is 7.47. The van der Waals surface area contributed by atoms with Gasteiger partial charge in [-0.1, -0.05) is 38.5 Å². The third-order valence-corrected chi connectivity index (χ3v) is 5.70. The summed E-state index contributed by atoms with van der Waals surface area (Å²) >= 11 is 0. The minimum absolute atomic E-state index is 0.186. The van der Waals surface area contributed by atoms with Gasteiger partial charge < -0.3 is 15.0 Å². The third-order valence-electron chi connectivity index (χ3n) is 5.70.